The van der Waals surface area contributed by atoms with Crippen LogP contribution < -0.4 is 20.1 Å². The van der Waals surface area contributed by atoms with Crippen LogP contribution in [0.3, 0.4) is 0 Å². The van der Waals surface area contributed by atoms with Gasteiger partial charge in [-0.05, 0) is 42.8 Å². The smallest absolute Gasteiger partial charge is 0.237 e. The van der Waals surface area contributed by atoms with E-state index in [1.807, 2.05) is 61.5 Å². The molecule has 1 aliphatic heterocycles. The van der Waals surface area contributed by atoms with Gasteiger partial charge < -0.3 is 20.1 Å². The molecule has 4 rings (SSSR count). The normalized spacial score (nSPS) is 12.8. The quantitative estimate of drug-likeness (QED) is 0.527. The molecule has 31 heavy (non-hydrogen) atoms. The van der Waals surface area contributed by atoms with Crippen LogP contribution in [0.1, 0.15) is 12.5 Å². The van der Waals surface area contributed by atoms with Gasteiger partial charge in [-0.1, -0.05) is 36.4 Å². The predicted molar refractivity (Wildman–Crippen MR) is 122 cm³/mol. The Hall–Kier alpha value is -3.45. The number of fused-ring (bicyclic) bond motifs is 1. The lowest BCUT2D eigenvalue weighted by atomic mass is 10.1. The fraction of sp³-hybridized carbons (Fsp3) is 0.167. The number of ether oxygens (including phenoxy) is 2. The number of hydrogen-bond acceptors (Lipinski definition) is 5. The van der Waals surface area contributed by atoms with E-state index in [9.17, 15) is 9.59 Å². The Morgan fingerprint density at radius 3 is 2.52 bits per heavy atom. The molecular formula is C24H22N2O4S. The molecule has 1 aliphatic rings. The second-order valence-electron chi connectivity index (χ2n) is 7.06. The number of amides is 2. The van der Waals surface area contributed by atoms with Gasteiger partial charge in [0.05, 0.1) is 11.7 Å². The zero-order chi connectivity index (χ0) is 21.6. The van der Waals surface area contributed by atoms with Gasteiger partial charge >= 0.3 is 0 Å². The third-order valence-electron chi connectivity index (χ3n) is 4.65. The van der Waals surface area contributed by atoms with E-state index in [1.54, 1.807) is 18.2 Å². The Morgan fingerprint density at radius 1 is 0.903 bits per heavy atom. The molecule has 0 spiro atoms. The molecule has 3 aromatic rings. The maximum atomic E-state index is 12.6. The SMILES string of the molecule is CC(Sc1cccc(NC(=O)Cc2ccccc2)c1)C(=O)Nc1ccc2c(c1)OCO2. The third kappa shape index (κ3) is 5.58. The minimum atomic E-state index is -0.333. The monoisotopic (exact) mass is 434 g/mol. The molecular weight excluding hydrogens is 412 g/mol. The Bertz CT molecular complexity index is 1090. The number of hydrogen-bond donors (Lipinski definition) is 2. The van der Waals surface area contributed by atoms with Crippen LogP contribution in [0.15, 0.2) is 77.7 Å². The maximum absolute atomic E-state index is 12.6. The maximum Gasteiger partial charge on any atom is 0.237 e. The summed E-state index contributed by atoms with van der Waals surface area (Å²) in [6.45, 7) is 2.03. The van der Waals surface area contributed by atoms with Crippen molar-refractivity contribution in [3.63, 3.8) is 0 Å². The number of anilines is 2. The van der Waals surface area contributed by atoms with Crippen molar-refractivity contribution in [3.8, 4) is 11.5 Å². The molecule has 2 N–H and O–H groups in total. The third-order valence-corrected chi connectivity index (χ3v) is 5.74. The number of rotatable bonds is 7. The van der Waals surface area contributed by atoms with E-state index in [4.69, 9.17) is 9.47 Å². The molecule has 0 aliphatic carbocycles. The summed E-state index contributed by atoms with van der Waals surface area (Å²) in [6.07, 6.45) is 0.312. The first-order valence-electron chi connectivity index (χ1n) is 9.88. The summed E-state index contributed by atoms with van der Waals surface area (Å²) in [5.41, 5.74) is 2.32. The van der Waals surface area contributed by atoms with E-state index in [0.29, 0.717) is 29.3 Å². The molecule has 0 saturated carbocycles. The molecule has 6 nitrogen and oxygen atoms in total. The average molecular weight is 435 g/mol. The van der Waals surface area contributed by atoms with Gasteiger partial charge in [0.15, 0.2) is 11.5 Å². The van der Waals surface area contributed by atoms with E-state index in [2.05, 4.69) is 10.6 Å². The van der Waals surface area contributed by atoms with Crippen LogP contribution in [0.25, 0.3) is 0 Å². The second kappa shape index (κ2) is 9.57. The summed E-state index contributed by atoms with van der Waals surface area (Å²) in [4.78, 5) is 25.8. The zero-order valence-corrected chi connectivity index (χ0v) is 17.8. The molecule has 0 saturated heterocycles. The minimum absolute atomic E-state index is 0.0815. The minimum Gasteiger partial charge on any atom is -0.454 e. The molecule has 0 fully saturated rings. The summed E-state index contributed by atoms with van der Waals surface area (Å²) in [5, 5.41) is 5.49. The highest BCUT2D eigenvalue weighted by atomic mass is 32.2. The summed E-state index contributed by atoms with van der Waals surface area (Å²) in [5.74, 6) is 1.09. The summed E-state index contributed by atoms with van der Waals surface area (Å²) >= 11 is 1.42. The molecule has 1 heterocycles. The summed E-state index contributed by atoms with van der Waals surface area (Å²) in [6, 6.07) is 22.4. The van der Waals surface area contributed by atoms with E-state index >= 15 is 0 Å². The van der Waals surface area contributed by atoms with Crippen LogP contribution in [-0.2, 0) is 16.0 Å². The molecule has 0 radical (unpaired) electrons. The molecule has 2 amide bonds. The summed E-state index contributed by atoms with van der Waals surface area (Å²) < 4.78 is 10.6. The fourth-order valence-corrected chi connectivity index (χ4v) is 4.04. The van der Waals surface area contributed by atoms with Crippen molar-refractivity contribution < 1.29 is 19.1 Å². The molecule has 0 bridgehead atoms. The van der Waals surface area contributed by atoms with Gasteiger partial charge in [-0.2, -0.15) is 0 Å². The Balaban J connectivity index is 1.33. The first-order chi connectivity index (χ1) is 15.1. The fourth-order valence-electron chi connectivity index (χ4n) is 3.11. The highest BCUT2D eigenvalue weighted by Gasteiger charge is 2.18. The average Bonchev–Trinajstić information content (AvgIpc) is 3.22. The van der Waals surface area contributed by atoms with Crippen LogP contribution in [-0.4, -0.2) is 23.9 Å². The van der Waals surface area contributed by atoms with Crippen molar-refractivity contribution in [2.24, 2.45) is 0 Å². The molecule has 0 aromatic heterocycles. The van der Waals surface area contributed by atoms with E-state index in [1.165, 1.54) is 11.8 Å². The van der Waals surface area contributed by atoms with Crippen molar-refractivity contribution >= 4 is 35.0 Å². The first kappa shape index (κ1) is 20.8. The van der Waals surface area contributed by atoms with Crippen molar-refractivity contribution in [1.82, 2.24) is 0 Å². The molecule has 3 aromatic carbocycles. The molecule has 7 heteroatoms. The lowest BCUT2D eigenvalue weighted by molar-refractivity contribution is -0.116. The van der Waals surface area contributed by atoms with Gasteiger partial charge in [-0.15, -0.1) is 11.8 Å². The van der Waals surface area contributed by atoms with Crippen LogP contribution >= 0.6 is 11.8 Å². The number of carbonyl (C=O) groups excluding carboxylic acids is 2. The van der Waals surface area contributed by atoms with Crippen molar-refractivity contribution in [3.05, 3.63) is 78.4 Å². The van der Waals surface area contributed by atoms with Gasteiger partial charge in [0.1, 0.15) is 0 Å². The molecule has 1 unspecified atom stereocenters. The van der Waals surface area contributed by atoms with Gasteiger partial charge in [0, 0.05) is 22.3 Å². The zero-order valence-electron chi connectivity index (χ0n) is 17.0. The standard InChI is InChI=1S/C24H22N2O4S/c1-16(24(28)26-19-10-11-21-22(14-19)30-15-29-21)31-20-9-5-8-18(13-20)25-23(27)12-17-6-3-2-4-7-17/h2-11,13-14,16H,12,15H2,1H3,(H,25,27)(H,26,28). The van der Waals surface area contributed by atoms with Crippen LogP contribution in [0.2, 0.25) is 0 Å². The second-order valence-corrected chi connectivity index (χ2v) is 8.47. The van der Waals surface area contributed by atoms with Crippen molar-refractivity contribution in [1.29, 1.82) is 0 Å². The highest BCUT2D eigenvalue weighted by Crippen LogP contribution is 2.34. The van der Waals surface area contributed by atoms with Gasteiger partial charge in [-0.3, -0.25) is 9.59 Å². The van der Waals surface area contributed by atoms with Crippen LogP contribution in [0.5, 0.6) is 11.5 Å². The first-order valence-corrected chi connectivity index (χ1v) is 10.8. The lowest BCUT2D eigenvalue weighted by Gasteiger charge is -2.13. The van der Waals surface area contributed by atoms with Crippen LogP contribution in [0.4, 0.5) is 11.4 Å². The molecule has 1 atom stereocenters. The largest absolute Gasteiger partial charge is 0.454 e. The lowest BCUT2D eigenvalue weighted by Crippen LogP contribution is -2.22. The van der Waals surface area contributed by atoms with Crippen molar-refractivity contribution in [2.45, 2.75) is 23.5 Å². The Kier molecular flexibility index (Phi) is 6.43. The number of thioether (sulfide) groups is 1. The number of nitrogens with one attached hydrogen (secondary N) is 2. The van der Waals surface area contributed by atoms with E-state index in [0.717, 1.165) is 10.5 Å². The molecule has 158 valence electrons. The number of benzene rings is 3. The van der Waals surface area contributed by atoms with E-state index in [-0.39, 0.29) is 23.9 Å². The topological polar surface area (TPSA) is 76.7 Å². The van der Waals surface area contributed by atoms with Crippen LogP contribution in [0, 0.1) is 0 Å². The van der Waals surface area contributed by atoms with E-state index < -0.39 is 0 Å². The van der Waals surface area contributed by atoms with Gasteiger partial charge in [0.25, 0.3) is 0 Å². The van der Waals surface area contributed by atoms with Crippen molar-refractivity contribution in [2.75, 3.05) is 17.4 Å². The Morgan fingerprint density at radius 2 is 1.68 bits per heavy atom. The highest BCUT2D eigenvalue weighted by molar-refractivity contribution is 8.00. The van der Waals surface area contributed by atoms with Gasteiger partial charge in [0.2, 0.25) is 18.6 Å². The Labute approximate surface area is 185 Å². The summed E-state index contributed by atoms with van der Waals surface area (Å²) in [7, 11) is 0. The number of carbonyl (C=O) groups is 2. The predicted octanol–water partition coefficient (Wildman–Crippen LogP) is 4.72. The van der Waals surface area contributed by atoms with Gasteiger partial charge in [-0.25, -0.2) is 0 Å².